The van der Waals surface area contributed by atoms with Crippen LogP contribution < -0.4 is 10.6 Å². The van der Waals surface area contributed by atoms with Gasteiger partial charge in [-0.1, -0.05) is 0 Å². The van der Waals surface area contributed by atoms with Gasteiger partial charge in [-0.2, -0.15) is 4.98 Å². The summed E-state index contributed by atoms with van der Waals surface area (Å²) in [6.07, 6.45) is 4.26. The normalized spacial score (nSPS) is 18.5. The van der Waals surface area contributed by atoms with E-state index in [1.54, 1.807) is 0 Å². The first kappa shape index (κ1) is 16.0. The van der Waals surface area contributed by atoms with Crippen molar-refractivity contribution < 1.29 is 4.79 Å². The third-order valence-electron chi connectivity index (χ3n) is 4.61. The summed E-state index contributed by atoms with van der Waals surface area (Å²) in [5.74, 6) is 1.37. The molecule has 23 heavy (non-hydrogen) atoms. The first-order valence-corrected chi connectivity index (χ1v) is 8.37. The van der Waals surface area contributed by atoms with Gasteiger partial charge in [0, 0.05) is 31.7 Å². The highest BCUT2D eigenvalue weighted by Crippen LogP contribution is 2.29. The molecule has 1 amide bonds. The van der Waals surface area contributed by atoms with Crippen LogP contribution in [0.1, 0.15) is 24.1 Å². The molecule has 1 aromatic rings. The van der Waals surface area contributed by atoms with Crippen LogP contribution in [0.5, 0.6) is 0 Å². The van der Waals surface area contributed by atoms with Gasteiger partial charge in [0.05, 0.1) is 12.2 Å². The van der Waals surface area contributed by atoms with Gasteiger partial charge in [0.25, 0.3) is 0 Å². The van der Waals surface area contributed by atoms with Crippen LogP contribution in [0.4, 0.5) is 11.8 Å². The van der Waals surface area contributed by atoms with Crippen LogP contribution in [0, 0.1) is 0 Å². The van der Waals surface area contributed by atoms with Gasteiger partial charge in [-0.15, -0.1) is 0 Å². The minimum Gasteiger partial charge on any atom is -0.368 e. The molecule has 7 heteroatoms. The van der Waals surface area contributed by atoms with Crippen LogP contribution in [-0.2, 0) is 17.6 Å². The number of nitrogen functional groups attached to an aromatic ring is 1. The third kappa shape index (κ3) is 3.55. The molecule has 0 atom stereocenters. The van der Waals surface area contributed by atoms with Gasteiger partial charge in [0.15, 0.2) is 0 Å². The van der Waals surface area contributed by atoms with E-state index in [1.807, 2.05) is 19.0 Å². The lowest BCUT2D eigenvalue weighted by atomic mass is 9.96. The summed E-state index contributed by atoms with van der Waals surface area (Å²) in [5.41, 5.74) is 8.15. The number of hydrogen-bond acceptors (Lipinski definition) is 6. The molecule has 1 saturated heterocycles. The zero-order valence-corrected chi connectivity index (χ0v) is 14.1. The Balaban J connectivity index is 1.74. The number of aromatic nitrogens is 2. The number of anilines is 2. The number of rotatable bonds is 4. The Bertz CT molecular complexity index is 588. The largest absolute Gasteiger partial charge is 0.368 e. The number of carbonyl (C=O) groups is 1. The number of amides is 1. The molecule has 0 aromatic carbocycles. The standard InChI is InChI=1S/C16H26N6O/c1-20(2)7-8-21-9-10-22(11-14(21)23)15-12-5-3-4-6-13(12)18-16(17)19-15/h3-11H2,1-2H3,(H2,17,18,19). The van der Waals surface area contributed by atoms with Gasteiger partial charge in [-0.3, -0.25) is 4.79 Å². The fourth-order valence-corrected chi connectivity index (χ4v) is 3.30. The lowest BCUT2D eigenvalue weighted by molar-refractivity contribution is -0.131. The molecule has 0 spiro atoms. The molecule has 1 fully saturated rings. The minimum absolute atomic E-state index is 0.167. The van der Waals surface area contributed by atoms with Crippen LogP contribution in [0.15, 0.2) is 0 Å². The molecular weight excluding hydrogens is 292 g/mol. The average molecular weight is 318 g/mol. The summed E-state index contributed by atoms with van der Waals surface area (Å²) < 4.78 is 0. The maximum Gasteiger partial charge on any atom is 0.242 e. The highest BCUT2D eigenvalue weighted by atomic mass is 16.2. The van der Waals surface area contributed by atoms with Crippen molar-refractivity contribution in [1.82, 2.24) is 19.8 Å². The van der Waals surface area contributed by atoms with Crippen LogP contribution in [-0.4, -0.2) is 72.5 Å². The van der Waals surface area contributed by atoms with Gasteiger partial charge in [0.1, 0.15) is 5.82 Å². The lowest BCUT2D eigenvalue weighted by Crippen LogP contribution is -2.52. The molecule has 0 radical (unpaired) electrons. The van der Waals surface area contributed by atoms with E-state index in [9.17, 15) is 4.79 Å². The summed E-state index contributed by atoms with van der Waals surface area (Å²) in [4.78, 5) is 27.4. The second-order valence-corrected chi connectivity index (χ2v) is 6.64. The minimum atomic E-state index is 0.167. The Labute approximate surface area is 137 Å². The summed E-state index contributed by atoms with van der Waals surface area (Å²) in [5, 5.41) is 0. The first-order chi connectivity index (χ1) is 11.0. The quantitative estimate of drug-likeness (QED) is 0.851. The topological polar surface area (TPSA) is 78.6 Å². The number of aryl methyl sites for hydroxylation is 1. The fraction of sp³-hybridized carbons (Fsp3) is 0.688. The Morgan fingerprint density at radius 2 is 1.96 bits per heavy atom. The van der Waals surface area contributed by atoms with Crippen molar-refractivity contribution in [2.24, 2.45) is 0 Å². The smallest absolute Gasteiger partial charge is 0.242 e. The highest BCUT2D eigenvalue weighted by molar-refractivity contribution is 5.83. The molecule has 7 nitrogen and oxygen atoms in total. The monoisotopic (exact) mass is 318 g/mol. The lowest BCUT2D eigenvalue weighted by Gasteiger charge is -2.36. The first-order valence-electron chi connectivity index (χ1n) is 8.37. The van der Waals surface area contributed by atoms with E-state index in [0.717, 1.165) is 63.4 Å². The van der Waals surface area contributed by atoms with Gasteiger partial charge < -0.3 is 20.4 Å². The average Bonchev–Trinajstić information content (AvgIpc) is 2.52. The van der Waals surface area contributed by atoms with Crippen molar-refractivity contribution in [3.63, 3.8) is 0 Å². The SMILES string of the molecule is CN(C)CCN1CCN(c2nc(N)nc3c2CCCC3)CC1=O. The molecule has 1 aromatic heterocycles. The third-order valence-corrected chi connectivity index (χ3v) is 4.61. The molecule has 0 unspecified atom stereocenters. The molecule has 1 aliphatic heterocycles. The Morgan fingerprint density at radius 3 is 2.70 bits per heavy atom. The van der Waals surface area contributed by atoms with Crippen LogP contribution in [0.25, 0.3) is 0 Å². The zero-order chi connectivity index (χ0) is 16.4. The summed E-state index contributed by atoms with van der Waals surface area (Å²) in [6.45, 7) is 3.61. The van der Waals surface area contributed by atoms with Gasteiger partial charge in [-0.25, -0.2) is 4.98 Å². The molecule has 3 rings (SSSR count). The second-order valence-electron chi connectivity index (χ2n) is 6.64. The van der Waals surface area contributed by atoms with E-state index >= 15 is 0 Å². The summed E-state index contributed by atoms with van der Waals surface area (Å²) in [7, 11) is 4.05. The molecule has 126 valence electrons. The van der Waals surface area contributed by atoms with E-state index in [4.69, 9.17) is 5.73 Å². The molecular formula is C16H26N6O. The van der Waals surface area contributed by atoms with Gasteiger partial charge in [-0.05, 0) is 39.8 Å². The molecule has 2 aliphatic rings. The van der Waals surface area contributed by atoms with Crippen molar-refractivity contribution in [1.29, 1.82) is 0 Å². The Hall–Kier alpha value is -1.89. The van der Waals surface area contributed by atoms with Crippen LogP contribution in [0.3, 0.4) is 0 Å². The number of hydrogen-bond donors (Lipinski definition) is 1. The van der Waals surface area contributed by atoms with Crippen molar-refractivity contribution in [3.8, 4) is 0 Å². The van der Waals surface area contributed by atoms with Crippen LogP contribution in [0.2, 0.25) is 0 Å². The van der Waals surface area contributed by atoms with E-state index in [-0.39, 0.29) is 5.91 Å². The maximum absolute atomic E-state index is 12.4. The van der Waals surface area contributed by atoms with E-state index in [2.05, 4.69) is 19.8 Å². The number of fused-ring (bicyclic) bond motifs is 1. The van der Waals surface area contributed by atoms with Crippen molar-refractivity contribution in [3.05, 3.63) is 11.3 Å². The van der Waals surface area contributed by atoms with E-state index in [1.165, 1.54) is 5.56 Å². The molecule has 0 saturated carbocycles. The Kier molecular flexibility index (Phi) is 4.66. The zero-order valence-electron chi connectivity index (χ0n) is 14.1. The van der Waals surface area contributed by atoms with Crippen molar-refractivity contribution >= 4 is 17.7 Å². The number of nitrogens with two attached hydrogens (primary N) is 1. The predicted octanol–water partition coefficient (Wildman–Crippen LogP) is 0.148. The molecule has 1 aliphatic carbocycles. The number of nitrogens with zero attached hydrogens (tertiary/aromatic N) is 5. The van der Waals surface area contributed by atoms with E-state index in [0.29, 0.717) is 12.5 Å². The number of piperazine rings is 1. The molecule has 2 N–H and O–H groups in total. The van der Waals surface area contributed by atoms with E-state index < -0.39 is 0 Å². The predicted molar refractivity (Wildman–Crippen MR) is 90.4 cm³/mol. The highest BCUT2D eigenvalue weighted by Gasteiger charge is 2.28. The number of carbonyl (C=O) groups excluding carboxylic acids is 1. The van der Waals surface area contributed by atoms with Gasteiger partial charge >= 0.3 is 0 Å². The van der Waals surface area contributed by atoms with Gasteiger partial charge in [0.2, 0.25) is 11.9 Å². The summed E-state index contributed by atoms with van der Waals surface area (Å²) in [6, 6.07) is 0. The Morgan fingerprint density at radius 1 is 1.17 bits per heavy atom. The number of likely N-dealkylation sites (N-methyl/N-ethyl adjacent to an activating group) is 1. The molecule has 2 heterocycles. The maximum atomic E-state index is 12.4. The van der Waals surface area contributed by atoms with Crippen LogP contribution >= 0.6 is 0 Å². The summed E-state index contributed by atoms with van der Waals surface area (Å²) >= 11 is 0. The van der Waals surface area contributed by atoms with Crippen molar-refractivity contribution in [2.75, 3.05) is 57.5 Å². The second kappa shape index (κ2) is 6.70. The fourth-order valence-electron chi connectivity index (χ4n) is 3.30. The molecule has 0 bridgehead atoms. The van der Waals surface area contributed by atoms with Crippen molar-refractivity contribution in [2.45, 2.75) is 25.7 Å².